The van der Waals surface area contributed by atoms with Gasteiger partial charge < -0.3 is 15.4 Å². The summed E-state index contributed by atoms with van der Waals surface area (Å²) in [6.45, 7) is 4.34. The number of rotatable bonds is 7. The van der Waals surface area contributed by atoms with Gasteiger partial charge >= 0.3 is 0 Å². The number of nitrogens with zero attached hydrogens (tertiary/aromatic N) is 1. The zero-order chi connectivity index (χ0) is 19.9. The van der Waals surface area contributed by atoms with Crippen LogP contribution in [0.2, 0.25) is 0 Å². The van der Waals surface area contributed by atoms with Crippen LogP contribution in [0.3, 0.4) is 0 Å². The molecule has 5 nitrogen and oxygen atoms in total. The number of pyridine rings is 1. The second-order valence-corrected chi connectivity index (χ2v) is 6.53. The van der Waals surface area contributed by atoms with Gasteiger partial charge in [-0.3, -0.25) is 4.79 Å². The maximum atomic E-state index is 13.0. The number of aromatic nitrogens is 1. The molecule has 28 heavy (non-hydrogen) atoms. The van der Waals surface area contributed by atoms with E-state index in [0.717, 1.165) is 5.56 Å². The van der Waals surface area contributed by atoms with Crippen LogP contribution in [-0.4, -0.2) is 17.0 Å². The van der Waals surface area contributed by atoms with Crippen molar-refractivity contribution >= 4 is 17.4 Å². The number of carbonyl (C=O) groups is 1. The third kappa shape index (κ3) is 5.30. The molecular weight excluding hydrogens is 357 g/mol. The van der Waals surface area contributed by atoms with Crippen LogP contribution in [0.15, 0.2) is 66.9 Å². The predicted octanol–water partition coefficient (Wildman–Crippen LogP) is 4.87. The Bertz CT molecular complexity index is 943. The van der Waals surface area contributed by atoms with Crippen molar-refractivity contribution in [3.05, 3.63) is 83.8 Å². The number of para-hydroxylation sites is 2. The lowest BCUT2D eigenvalue weighted by atomic mass is 10.2. The number of halogens is 1. The standard InChI is InChI=1S/C22H22FN3O2/c1-15(2)28-20-6-4-3-5-19(20)26-22(27)17-11-12-24-21(13-17)25-14-16-7-9-18(23)10-8-16/h3-13,15H,14H2,1-2H3,(H,24,25)(H,26,27). The fourth-order valence-corrected chi connectivity index (χ4v) is 2.58. The summed E-state index contributed by atoms with van der Waals surface area (Å²) in [6.07, 6.45) is 1.57. The van der Waals surface area contributed by atoms with E-state index in [4.69, 9.17) is 4.74 Å². The van der Waals surface area contributed by atoms with E-state index in [1.807, 2.05) is 32.0 Å². The van der Waals surface area contributed by atoms with E-state index in [9.17, 15) is 9.18 Å². The monoisotopic (exact) mass is 379 g/mol. The second-order valence-electron chi connectivity index (χ2n) is 6.53. The lowest BCUT2D eigenvalue weighted by molar-refractivity contribution is 0.102. The van der Waals surface area contributed by atoms with E-state index >= 15 is 0 Å². The zero-order valence-corrected chi connectivity index (χ0v) is 15.8. The summed E-state index contributed by atoms with van der Waals surface area (Å²) < 4.78 is 18.7. The van der Waals surface area contributed by atoms with Gasteiger partial charge in [0.25, 0.3) is 5.91 Å². The Balaban J connectivity index is 1.68. The van der Waals surface area contributed by atoms with Gasteiger partial charge in [-0.2, -0.15) is 0 Å². The van der Waals surface area contributed by atoms with Crippen LogP contribution in [-0.2, 0) is 6.54 Å². The first-order valence-corrected chi connectivity index (χ1v) is 9.02. The molecule has 3 aromatic rings. The Morgan fingerprint density at radius 2 is 1.86 bits per heavy atom. The quantitative estimate of drug-likeness (QED) is 0.615. The van der Waals surface area contributed by atoms with Crippen LogP contribution in [0.4, 0.5) is 15.9 Å². The van der Waals surface area contributed by atoms with Crippen LogP contribution < -0.4 is 15.4 Å². The molecule has 6 heteroatoms. The van der Waals surface area contributed by atoms with Gasteiger partial charge in [-0.1, -0.05) is 24.3 Å². The first-order valence-electron chi connectivity index (χ1n) is 9.02. The first kappa shape index (κ1) is 19.4. The molecule has 0 atom stereocenters. The lowest BCUT2D eigenvalue weighted by Crippen LogP contribution is -2.15. The smallest absolute Gasteiger partial charge is 0.255 e. The number of ether oxygens (including phenoxy) is 1. The molecule has 0 aliphatic rings. The van der Waals surface area contributed by atoms with Crippen molar-refractivity contribution in [3.63, 3.8) is 0 Å². The van der Waals surface area contributed by atoms with E-state index < -0.39 is 0 Å². The minimum absolute atomic E-state index is 0.00115. The minimum Gasteiger partial charge on any atom is -0.489 e. The van der Waals surface area contributed by atoms with Gasteiger partial charge in [-0.05, 0) is 55.8 Å². The Morgan fingerprint density at radius 1 is 1.11 bits per heavy atom. The summed E-state index contributed by atoms with van der Waals surface area (Å²) in [5.41, 5.74) is 1.99. The maximum Gasteiger partial charge on any atom is 0.255 e. The van der Waals surface area contributed by atoms with Crippen LogP contribution in [0.5, 0.6) is 5.75 Å². The van der Waals surface area contributed by atoms with Crippen molar-refractivity contribution in [2.24, 2.45) is 0 Å². The van der Waals surface area contributed by atoms with E-state index in [1.54, 1.807) is 36.5 Å². The molecule has 0 radical (unpaired) electrons. The van der Waals surface area contributed by atoms with Gasteiger partial charge in [0.1, 0.15) is 17.4 Å². The van der Waals surface area contributed by atoms with E-state index in [2.05, 4.69) is 15.6 Å². The molecule has 144 valence electrons. The predicted molar refractivity (Wildman–Crippen MR) is 108 cm³/mol. The SMILES string of the molecule is CC(C)Oc1ccccc1NC(=O)c1ccnc(NCc2ccc(F)cc2)c1. The highest BCUT2D eigenvalue weighted by Gasteiger charge is 2.11. The second kappa shape index (κ2) is 8.99. The highest BCUT2D eigenvalue weighted by molar-refractivity contribution is 6.05. The van der Waals surface area contributed by atoms with Crippen molar-refractivity contribution < 1.29 is 13.9 Å². The number of anilines is 2. The molecule has 2 aromatic carbocycles. The lowest BCUT2D eigenvalue weighted by Gasteiger charge is -2.15. The minimum atomic E-state index is -0.276. The third-order valence-corrected chi connectivity index (χ3v) is 3.91. The van der Waals surface area contributed by atoms with Crippen LogP contribution in [0, 0.1) is 5.82 Å². The molecule has 2 N–H and O–H groups in total. The number of hydrogen-bond acceptors (Lipinski definition) is 4. The molecule has 0 saturated carbocycles. The molecule has 1 aromatic heterocycles. The Kier molecular flexibility index (Phi) is 6.22. The Labute approximate surface area is 163 Å². The molecule has 1 amide bonds. The molecular formula is C22H22FN3O2. The number of carbonyl (C=O) groups excluding carboxylic acids is 1. The van der Waals surface area contributed by atoms with Crippen molar-refractivity contribution in [2.45, 2.75) is 26.5 Å². The zero-order valence-electron chi connectivity index (χ0n) is 15.8. The molecule has 0 unspecified atom stereocenters. The Hall–Kier alpha value is -3.41. The molecule has 0 bridgehead atoms. The fraction of sp³-hybridized carbons (Fsp3) is 0.182. The summed E-state index contributed by atoms with van der Waals surface area (Å²) in [4.78, 5) is 16.9. The van der Waals surface area contributed by atoms with E-state index in [0.29, 0.717) is 29.4 Å². The molecule has 0 saturated heterocycles. The molecule has 0 aliphatic carbocycles. The van der Waals surface area contributed by atoms with Gasteiger partial charge in [0.2, 0.25) is 0 Å². The summed E-state index contributed by atoms with van der Waals surface area (Å²) in [5.74, 6) is 0.646. The highest BCUT2D eigenvalue weighted by Crippen LogP contribution is 2.25. The number of amides is 1. The number of hydrogen-bond donors (Lipinski definition) is 2. The van der Waals surface area contributed by atoms with Gasteiger partial charge in [0.15, 0.2) is 0 Å². The fourth-order valence-electron chi connectivity index (χ4n) is 2.58. The number of nitrogens with one attached hydrogen (secondary N) is 2. The summed E-state index contributed by atoms with van der Waals surface area (Å²) >= 11 is 0. The van der Waals surface area contributed by atoms with Crippen molar-refractivity contribution in [1.82, 2.24) is 4.98 Å². The average molecular weight is 379 g/mol. The maximum absolute atomic E-state index is 13.0. The largest absolute Gasteiger partial charge is 0.489 e. The van der Waals surface area contributed by atoms with Crippen molar-refractivity contribution in [2.75, 3.05) is 10.6 Å². The molecule has 0 fully saturated rings. The van der Waals surface area contributed by atoms with E-state index in [-0.39, 0.29) is 17.8 Å². The Morgan fingerprint density at radius 3 is 2.61 bits per heavy atom. The summed E-state index contributed by atoms with van der Waals surface area (Å²) in [7, 11) is 0. The van der Waals surface area contributed by atoms with Gasteiger partial charge in [-0.15, -0.1) is 0 Å². The van der Waals surface area contributed by atoms with Gasteiger partial charge in [0.05, 0.1) is 11.8 Å². The normalized spacial score (nSPS) is 10.6. The van der Waals surface area contributed by atoms with Crippen molar-refractivity contribution in [1.29, 1.82) is 0 Å². The van der Waals surface area contributed by atoms with Gasteiger partial charge in [0, 0.05) is 18.3 Å². The molecule has 1 heterocycles. The van der Waals surface area contributed by atoms with Gasteiger partial charge in [-0.25, -0.2) is 9.37 Å². The summed E-state index contributed by atoms with van der Waals surface area (Å²) in [5, 5.41) is 6.02. The molecule has 0 aliphatic heterocycles. The van der Waals surface area contributed by atoms with Crippen LogP contribution in [0.25, 0.3) is 0 Å². The highest BCUT2D eigenvalue weighted by atomic mass is 19.1. The number of benzene rings is 2. The summed E-state index contributed by atoms with van der Waals surface area (Å²) in [6, 6.07) is 16.8. The average Bonchev–Trinajstić information content (AvgIpc) is 2.69. The van der Waals surface area contributed by atoms with Crippen LogP contribution in [0.1, 0.15) is 29.8 Å². The molecule has 0 spiro atoms. The van der Waals surface area contributed by atoms with Crippen molar-refractivity contribution in [3.8, 4) is 5.75 Å². The first-order chi connectivity index (χ1) is 13.5. The third-order valence-electron chi connectivity index (χ3n) is 3.91. The van der Waals surface area contributed by atoms with E-state index in [1.165, 1.54) is 12.1 Å². The van der Waals surface area contributed by atoms with Crippen LogP contribution >= 0.6 is 0 Å². The topological polar surface area (TPSA) is 63.2 Å². The molecule has 3 rings (SSSR count).